The molecule has 0 bridgehead atoms. The first-order valence-corrected chi connectivity index (χ1v) is 6.58. The minimum atomic E-state index is 0.0260. The Hall–Kier alpha value is -2.64. The number of nitrogens with one attached hydrogen (secondary N) is 1. The Morgan fingerprint density at radius 2 is 2.14 bits per heavy atom. The molecule has 0 amide bonds. The van der Waals surface area contributed by atoms with Crippen LogP contribution >= 0.6 is 11.6 Å². The molecule has 21 heavy (non-hydrogen) atoms. The number of hydrogen-bond donors (Lipinski definition) is 3. The van der Waals surface area contributed by atoms with Gasteiger partial charge in [-0.1, -0.05) is 40.9 Å². The molecular formula is C16H14ClN3O. The third kappa shape index (κ3) is 3.68. The fourth-order valence-electron chi connectivity index (χ4n) is 1.82. The van der Waals surface area contributed by atoms with Crippen molar-refractivity contribution in [1.82, 2.24) is 0 Å². The van der Waals surface area contributed by atoms with Crippen LogP contribution in [0.15, 0.2) is 47.6 Å². The fraction of sp³-hybridized carbons (Fsp3) is 0.0625. The lowest BCUT2D eigenvalue weighted by molar-refractivity contribution is 0.318. The van der Waals surface area contributed by atoms with E-state index in [9.17, 15) is 0 Å². The first-order valence-electron chi connectivity index (χ1n) is 6.21. The van der Waals surface area contributed by atoms with Crippen LogP contribution < -0.4 is 11.1 Å². The Labute approximate surface area is 128 Å². The second kappa shape index (κ2) is 6.69. The Balaban J connectivity index is 2.12. The van der Waals surface area contributed by atoms with Crippen LogP contribution in [0.5, 0.6) is 0 Å². The van der Waals surface area contributed by atoms with Crippen molar-refractivity contribution >= 4 is 23.1 Å². The largest absolute Gasteiger partial charge is 0.409 e. The standard InChI is InChI=1S/C16H14ClN3O/c1-2-11-4-3-5-14(8-11)19-10-13-7-6-12(9-15(13)17)16(18)20-21/h1,3-9,19,21H,10H2,(H2,18,20). The predicted molar refractivity (Wildman–Crippen MR) is 85.7 cm³/mol. The van der Waals surface area contributed by atoms with E-state index in [0.29, 0.717) is 17.1 Å². The zero-order valence-electron chi connectivity index (χ0n) is 11.2. The normalized spacial score (nSPS) is 11.0. The van der Waals surface area contributed by atoms with E-state index in [-0.39, 0.29) is 5.84 Å². The summed E-state index contributed by atoms with van der Waals surface area (Å²) in [4.78, 5) is 0. The van der Waals surface area contributed by atoms with Gasteiger partial charge in [0.05, 0.1) is 0 Å². The molecule has 4 nitrogen and oxygen atoms in total. The van der Waals surface area contributed by atoms with Gasteiger partial charge in [-0.25, -0.2) is 0 Å². The summed E-state index contributed by atoms with van der Waals surface area (Å²) in [5, 5.41) is 15.4. The number of halogens is 1. The summed E-state index contributed by atoms with van der Waals surface area (Å²) in [5.74, 6) is 2.61. The molecule has 0 aromatic heterocycles. The minimum absolute atomic E-state index is 0.0260. The van der Waals surface area contributed by atoms with Crippen LogP contribution in [-0.2, 0) is 6.54 Å². The van der Waals surface area contributed by atoms with Gasteiger partial charge in [0.25, 0.3) is 0 Å². The lowest BCUT2D eigenvalue weighted by Gasteiger charge is -2.09. The average molecular weight is 300 g/mol. The maximum atomic E-state index is 8.64. The van der Waals surface area contributed by atoms with Gasteiger partial charge in [-0.15, -0.1) is 6.42 Å². The van der Waals surface area contributed by atoms with E-state index in [4.69, 9.17) is 29.0 Å². The molecule has 0 fully saturated rings. The molecule has 0 aliphatic heterocycles. The van der Waals surface area contributed by atoms with Crippen LogP contribution in [-0.4, -0.2) is 11.0 Å². The molecule has 2 aromatic carbocycles. The molecule has 106 valence electrons. The quantitative estimate of drug-likeness (QED) is 0.267. The van der Waals surface area contributed by atoms with E-state index in [1.165, 1.54) is 0 Å². The number of benzene rings is 2. The lowest BCUT2D eigenvalue weighted by Crippen LogP contribution is -2.13. The second-order valence-electron chi connectivity index (χ2n) is 4.37. The topological polar surface area (TPSA) is 70.6 Å². The number of hydrogen-bond acceptors (Lipinski definition) is 3. The van der Waals surface area contributed by atoms with Gasteiger partial charge in [-0.2, -0.15) is 0 Å². The van der Waals surface area contributed by atoms with Gasteiger partial charge in [-0.05, 0) is 29.8 Å². The van der Waals surface area contributed by atoms with Crippen molar-refractivity contribution < 1.29 is 5.21 Å². The molecule has 2 aromatic rings. The van der Waals surface area contributed by atoms with Gasteiger partial charge in [0, 0.05) is 28.4 Å². The van der Waals surface area contributed by atoms with Crippen LogP contribution in [0.3, 0.4) is 0 Å². The molecule has 0 unspecified atom stereocenters. The molecule has 0 saturated carbocycles. The zero-order chi connectivity index (χ0) is 15.2. The Morgan fingerprint density at radius 3 is 2.81 bits per heavy atom. The molecule has 0 aliphatic rings. The molecule has 0 radical (unpaired) electrons. The molecule has 0 saturated heterocycles. The Kier molecular flexibility index (Phi) is 4.70. The molecular weight excluding hydrogens is 286 g/mol. The lowest BCUT2D eigenvalue weighted by atomic mass is 10.1. The summed E-state index contributed by atoms with van der Waals surface area (Å²) in [6, 6.07) is 12.8. The third-order valence-corrected chi connectivity index (χ3v) is 3.32. The van der Waals surface area contributed by atoms with Crippen molar-refractivity contribution in [3.63, 3.8) is 0 Å². The zero-order valence-corrected chi connectivity index (χ0v) is 11.9. The molecule has 0 spiro atoms. The monoisotopic (exact) mass is 299 g/mol. The first-order chi connectivity index (χ1) is 10.1. The SMILES string of the molecule is C#Cc1cccc(NCc2ccc(/C(N)=N\O)cc2Cl)c1. The average Bonchev–Trinajstić information content (AvgIpc) is 2.53. The predicted octanol–water partition coefficient (Wildman–Crippen LogP) is 3.03. The van der Waals surface area contributed by atoms with E-state index in [2.05, 4.69) is 16.4 Å². The van der Waals surface area contributed by atoms with Crippen molar-refractivity contribution in [2.45, 2.75) is 6.54 Å². The van der Waals surface area contributed by atoms with Gasteiger partial charge in [0.2, 0.25) is 0 Å². The molecule has 4 N–H and O–H groups in total. The van der Waals surface area contributed by atoms with Crippen LogP contribution in [0, 0.1) is 12.3 Å². The number of anilines is 1. The third-order valence-electron chi connectivity index (χ3n) is 2.97. The maximum Gasteiger partial charge on any atom is 0.170 e. The van der Waals surface area contributed by atoms with Gasteiger partial charge >= 0.3 is 0 Å². The Bertz CT molecular complexity index is 720. The number of amidine groups is 1. The molecule has 5 heteroatoms. The summed E-state index contributed by atoms with van der Waals surface area (Å²) in [6.07, 6.45) is 5.37. The van der Waals surface area contributed by atoms with E-state index >= 15 is 0 Å². The highest BCUT2D eigenvalue weighted by molar-refractivity contribution is 6.31. The van der Waals surface area contributed by atoms with Crippen molar-refractivity contribution in [3.8, 4) is 12.3 Å². The summed E-state index contributed by atoms with van der Waals surface area (Å²) in [6.45, 7) is 0.545. The van der Waals surface area contributed by atoms with Crippen LogP contribution in [0.1, 0.15) is 16.7 Å². The van der Waals surface area contributed by atoms with Crippen molar-refractivity contribution in [2.75, 3.05) is 5.32 Å². The number of rotatable bonds is 4. The second-order valence-corrected chi connectivity index (χ2v) is 4.78. The highest BCUT2D eigenvalue weighted by Gasteiger charge is 2.05. The number of nitrogens with zero attached hydrogens (tertiary/aromatic N) is 1. The first kappa shape index (κ1) is 14.8. The summed E-state index contributed by atoms with van der Waals surface area (Å²) in [5.41, 5.74) is 8.72. The van der Waals surface area contributed by atoms with Gasteiger partial charge in [0.1, 0.15) is 0 Å². The van der Waals surface area contributed by atoms with Gasteiger partial charge < -0.3 is 16.3 Å². The summed E-state index contributed by atoms with van der Waals surface area (Å²) in [7, 11) is 0. The highest BCUT2D eigenvalue weighted by Crippen LogP contribution is 2.20. The molecule has 0 atom stereocenters. The summed E-state index contributed by atoms with van der Waals surface area (Å²) >= 11 is 6.19. The number of nitrogens with two attached hydrogens (primary N) is 1. The number of terminal acetylenes is 1. The smallest absolute Gasteiger partial charge is 0.170 e. The Morgan fingerprint density at radius 1 is 1.33 bits per heavy atom. The van der Waals surface area contributed by atoms with Gasteiger partial charge in [0.15, 0.2) is 5.84 Å². The maximum absolute atomic E-state index is 8.64. The van der Waals surface area contributed by atoms with Crippen molar-refractivity contribution in [3.05, 3.63) is 64.2 Å². The van der Waals surface area contributed by atoms with Crippen molar-refractivity contribution in [2.24, 2.45) is 10.9 Å². The van der Waals surface area contributed by atoms with Crippen LogP contribution in [0.4, 0.5) is 5.69 Å². The molecule has 2 rings (SSSR count). The molecule has 0 aliphatic carbocycles. The minimum Gasteiger partial charge on any atom is -0.409 e. The van der Waals surface area contributed by atoms with E-state index in [0.717, 1.165) is 16.8 Å². The van der Waals surface area contributed by atoms with Gasteiger partial charge in [-0.3, -0.25) is 0 Å². The van der Waals surface area contributed by atoms with Crippen LogP contribution in [0.2, 0.25) is 5.02 Å². The summed E-state index contributed by atoms with van der Waals surface area (Å²) < 4.78 is 0. The number of oxime groups is 1. The van der Waals surface area contributed by atoms with E-state index in [1.807, 2.05) is 30.3 Å². The highest BCUT2D eigenvalue weighted by atomic mass is 35.5. The fourth-order valence-corrected chi connectivity index (χ4v) is 2.07. The van der Waals surface area contributed by atoms with Crippen LogP contribution in [0.25, 0.3) is 0 Å². The van der Waals surface area contributed by atoms with Crippen molar-refractivity contribution in [1.29, 1.82) is 0 Å². The molecule has 0 heterocycles. The van der Waals surface area contributed by atoms with E-state index < -0.39 is 0 Å². The van der Waals surface area contributed by atoms with E-state index in [1.54, 1.807) is 12.1 Å².